The van der Waals surface area contributed by atoms with Crippen LogP contribution in [0.15, 0.2) is 12.5 Å². The number of nitrogen functional groups attached to an aromatic ring is 1. The van der Waals surface area contributed by atoms with Crippen molar-refractivity contribution in [3.05, 3.63) is 18.1 Å². The summed E-state index contributed by atoms with van der Waals surface area (Å²) < 4.78 is 0. The van der Waals surface area contributed by atoms with Crippen LogP contribution in [0.2, 0.25) is 0 Å². The fourth-order valence-corrected chi connectivity index (χ4v) is 1.13. The molecule has 0 fully saturated rings. The van der Waals surface area contributed by atoms with Crippen LogP contribution in [-0.4, -0.2) is 9.97 Å². The Balaban J connectivity index is 2.46. The summed E-state index contributed by atoms with van der Waals surface area (Å²) in [7, 11) is 0. The minimum atomic E-state index is 0.626. The van der Waals surface area contributed by atoms with E-state index in [4.69, 9.17) is 5.73 Å². The Hall–Kier alpha value is -1.12. The van der Waals surface area contributed by atoms with Crippen molar-refractivity contribution in [3.8, 4) is 0 Å². The van der Waals surface area contributed by atoms with E-state index in [1.807, 2.05) is 0 Å². The summed E-state index contributed by atoms with van der Waals surface area (Å²) in [5, 5.41) is 0. The van der Waals surface area contributed by atoms with E-state index < -0.39 is 0 Å². The maximum Gasteiger partial charge on any atom is 0.129 e. The van der Waals surface area contributed by atoms with Crippen LogP contribution in [-0.2, 0) is 6.42 Å². The lowest BCUT2D eigenvalue weighted by Gasteiger charge is -2.01. The molecule has 0 atom stereocenters. The zero-order chi connectivity index (χ0) is 8.81. The summed E-state index contributed by atoms with van der Waals surface area (Å²) in [5.41, 5.74) is 6.73. The Morgan fingerprint density at radius 3 is 2.92 bits per heavy atom. The molecule has 0 aromatic carbocycles. The molecular formula is C9H15N3. The van der Waals surface area contributed by atoms with Gasteiger partial charge in [-0.25, -0.2) is 9.97 Å². The van der Waals surface area contributed by atoms with Gasteiger partial charge in [-0.05, 0) is 12.8 Å². The lowest BCUT2D eigenvalue weighted by Crippen LogP contribution is -1.98. The molecule has 1 aromatic rings. The van der Waals surface area contributed by atoms with Gasteiger partial charge in [-0.3, -0.25) is 0 Å². The van der Waals surface area contributed by atoms with Crippen LogP contribution in [0.3, 0.4) is 0 Å². The summed E-state index contributed by atoms with van der Waals surface area (Å²) in [4.78, 5) is 7.86. The van der Waals surface area contributed by atoms with Crippen LogP contribution in [0, 0.1) is 0 Å². The van der Waals surface area contributed by atoms with Crippen molar-refractivity contribution in [2.75, 3.05) is 5.73 Å². The van der Waals surface area contributed by atoms with Gasteiger partial charge in [0.1, 0.15) is 12.1 Å². The fourth-order valence-electron chi connectivity index (χ4n) is 1.13. The summed E-state index contributed by atoms with van der Waals surface area (Å²) in [5.74, 6) is 0.626. The second-order valence-corrected chi connectivity index (χ2v) is 2.89. The molecule has 1 heterocycles. The molecular weight excluding hydrogens is 150 g/mol. The number of unbranched alkanes of at least 4 members (excludes halogenated alkanes) is 2. The van der Waals surface area contributed by atoms with E-state index in [0.29, 0.717) is 5.82 Å². The maximum absolute atomic E-state index is 5.65. The van der Waals surface area contributed by atoms with E-state index >= 15 is 0 Å². The summed E-state index contributed by atoms with van der Waals surface area (Å²) in [6, 6.07) is 0. The normalized spacial score (nSPS) is 10.1. The lowest BCUT2D eigenvalue weighted by molar-refractivity contribution is 0.715. The fraction of sp³-hybridized carbons (Fsp3) is 0.556. The predicted molar refractivity (Wildman–Crippen MR) is 49.7 cm³/mol. The topological polar surface area (TPSA) is 51.8 Å². The minimum Gasteiger partial charge on any atom is -0.383 e. The third kappa shape index (κ3) is 2.49. The maximum atomic E-state index is 5.65. The third-order valence-electron chi connectivity index (χ3n) is 1.87. The number of anilines is 1. The van der Waals surface area contributed by atoms with E-state index in [-0.39, 0.29) is 0 Å². The SMILES string of the molecule is CCCCCc1cncnc1N. The van der Waals surface area contributed by atoms with Crippen molar-refractivity contribution in [1.29, 1.82) is 0 Å². The molecule has 3 heteroatoms. The molecule has 0 aliphatic heterocycles. The van der Waals surface area contributed by atoms with Crippen LogP contribution in [0.5, 0.6) is 0 Å². The Morgan fingerprint density at radius 2 is 2.25 bits per heavy atom. The molecule has 0 radical (unpaired) electrons. The van der Waals surface area contributed by atoms with E-state index in [2.05, 4.69) is 16.9 Å². The van der Waals surface area contributed by atoms with Gasteiger partial charge in [-0.2, -0.15) is 0 Å². The first-order valence-corrected chi connectivity index (χ1v) is 4.39. The minimum absolute atomic E-state index is 0.626. The van der Waals surface area contributed by atoms with Crippen LogP contribution in [0.4, 0.5) is 5.82 Å². The smallest absolute Gasteiger partial charge is 0.129 e. The summed E-state index contributed by atoms with van der Waals surface area (Å²) in [6.45, 7) is 2.19. The highest BCUT2D eigenvalue weighted by Gasteiger charge is 1.98. The Kier molecular flexibility index (Phi) is 3.51. The first-order chi connectivity index (χ1) is 5.84. The van der Waals surface area contributed by atoms with Gasteiger partial charge < -0.3 is 5.73 Å². The van der Waals surface area contributed by atoms with E-state index in [1.165, 1.54) is 25.6 Å². The molecule has 0 bridgehead atoms. The molecule has 3 nitrogen and oxygen atoms in total. The van der Waals surface area contributed by atoms with Gasteiger partial charge in [-0.1, -0.05) is 19.8 Å². The van der Waals surface area contributed by atoms with Gasteiger partial charge in [0.25, 0.3) is 0 Å². The number of hydrogen-bond acceptors (Lipinski definition) is 3. The molecule has 66 valence electrons. The number of hydrogen-bond donors (Lipinski definition) is 1. The van der Waals surface area contributed by atoms with Crippen molar-refractivity contribution in [2.45, 2.75) is 32.6 Å². The predicted octanol–water partition coefficient (Wildman–Crippen LogP) is 1.79. The number of nitrogens with zero attached hydrogens (tertiary/aromatic N) is 2. The molecule has 0 aliphatic rings. The third-order valence-corrected chi connectivity index (χ3v) is 1.87. The Bertz CT molecular complexity index is 235. The zero-order valence-corrected chi connectivity index (χ0v) is 7.45. The standard InChI is InChI=1S/C9H15N3/c1-2-3-4-5-8-6-11-7-12-9(8)10/h6-7H,2-5H2,1H3,(H2,10,11,12). The monoisotopic (exact) mass is 165 g/mol. The number of rotatable bonds is 4. The average Bonchev–Trinajstić information content (AvgIpc) is 2.09. The Morgan fingerprint density at radius 1 is 1.42 bits per heavy atom. The molecule has 0 unspecified atom stereocenters. The van der Waals surface area contributed by atoms with Crippen LogP contribution in [0.1, 0.15) is 31.7 Å². The van der Waals surface area contributed by atoms with Crippen LogP contribution in [0.25, 0.3) is 0 Å². The van der Waals surface area contributed by atoms with Crippen molar-refractivity contribution >= 4 is 5.82 Å². The highest BCUT2D eigenvalue weighted by atomic mass is 14.9. The van der Waals surface area contributed by atoms with Crippen molar-refractivity contribution in [3.63, 3.8) is 0 Å². The summed E-state index contributed by atoms with van der Waals surface area (Å²) in [6.07, 6.45) is 7.94. The molecule has 12 heavy (non-hydrogen) atoms. The molecule has 0 aliphatic carbocycles. The summed E-state index contributed by atoms with van der Waals surface area (Å²) >= 11 is 0. The van der Waals surface area contributed by atoms with Gasteiger partial charge in [0.2, 0.25) is 0 Å². The van der Waals surface area contributed by atoms with E-state index in [0.717, 1.165) is 12.0 Å². The second-order valence-electron chi connectivity index (χ2n) is 2.89. The lowest BCUT2D eigenvalue weighted by atomic mass is 10.1. The van der Waals surface area contributed by atoms with E-state index in [1.54, 1.807) is 6.20 Å². The molecule has 1 aromatic heterocycles. The van der Waals surface area contributed by atoms with Crippen molar-refractivity contribution in [2.24, 2.45) is 0 Å². The molecule has 0 saturated heterocycles. The highest BCUT2D eigenvalue weighted by molar-refractivity contribution is 5.36. The largest absolute Gasteiger partial charge is 0.383 e. The van der Waals surface area contributed by atoms with Gasteiger partial charge in [0, 0.05) is 11.8 Å². The molecule has 1 rings (SSSR count). The van der Waals surface area contributed by atoms with Gasteiger partial charge in [-0.15, -0.1) is 0 Å². The molecule has 0 amide bonds. The molecule has 2 N–H and O–H groups in total. The van der Waals surface area contributed by atoms with E-state index in [9.17, 15) is 0 Å². The van der Waals surface area contributed by atoms with Crippen molar-refractivity contribution < 1.29 is 0 Å². The quantitative estimate of drug-likeness (QED) is 0.692. The zero-order valence-electron chi connectivity index (χ0n) is 7.45. The average molecular weight is 165 g/mol. The second kappa shape index (κ2) is 4.70. The number of aromatic nitrogens is 2. The molecule has 0 saturated carbocycles. The first kappa shape index (κ1) is 8.97. The van der Waals surface area contributed by atoms with Crippen molar-refractivity contribution in [1.82, 2.24) is 9.97 Å². The molecule has 0 spiro atoms. The Labute approximate surface area is 73.0 Å². The van der Waals surface area contributed by atoms with Gasteiger partial charge in [0.15, 0.2) is 0 Å². The van der Waals surface area contributed by atoms with Crippen LogP contribution < -0.4 is 5.73 Å². The first-order valence-electron chi connectivity index (χ1n) is 4.39. The van der Waals surface area contributed by atoms with Gasteiger partial charge >= 0.3 is 0 Å². The van der Waals surface area contributed by atoms with Crippen LogP contribution >= 0.6 is 0 Å². The number of nitrogens with two attached hydrogens (primary N) is 1. The highest BCUT2D eigenvalue weighted by Crippen LogP contribution is 2.09. The number of aryl methyl sites for hydroxylation is 1. The van der Waals surface area contributed by atoms with Gasteiger partial charge in [0.05, 0.1) is 0 Å².